The molecule has 1 aliphatic rings. The average Bonchev–Trinajstić information content (AvgIpc) is 2.91. The van der Waals surface area contributed by atoms with Gasteiger partial charge in [0.15, 0.2) is 12.4 Å². The van der Waals surface area contributed by atoms with E-state index in [1.807, 2.05) is 66.7 Å². The molecule has 0 radical (unpaired) electrons. The number of ether oxygens (including phenoxy) is 5. The van der Waals surface area contributed by atoms with Crippen molar-refractivity contribution in [3.05, 3.63) is 108 Å². The largest absolute Gasteiger partial charge is 0.453 e. The number of aliphatic hydroxyl groups excluding tert-OH is 1. The smallest absolute Gasteiger partial charge is 0.338 e. The van der Waals surface area contributed by atoms with Crippen LogP contribution >= 0.6 is 0 Å². The van der Waals surface area contributed by atoms with E-state index in [-0.39, 0.29) is 13.2 Å². The van der Waals surface area contributed by atoms with Gasteiger partial charge in [0, 0.05) is 7.11 Å². The Hall–Kier alpha value is -3.07. The fourth-order valence-electron chi connectivity index (χ4n) is 3.94. The quantitative estimate of drug-likeness (QED) is 0.445. The maximum atomic E-state index is 12.8. The minimum Gasteiger partial charge on any atom is -0.453 e. The lowest BCUT2D eigenvalue weighted by atomic mass is 9.98. The van der Waals surface area contributed by atoms with Gasteiger partial charge in [0.1, 0.15) is 18.3 Å². The number of rotatable bonds is 10. The molecule has 184 valence electrons. The zero-order chi connectivity index (χ0) is 24.5. The van der Waals surface area contributed by atoms with E-state index in [9.17, 15) is 9.90 Å². The van der Waals surface area contributed by atoms with Crippen molar-refractivity contribution in [3.8, 4) is 0 Å². The van der Waals surface area contributed by atoms with Crippen LogP contribution in [-0.4, -0.2) is 55.5 Å². The van der Waals surface area contributed by atoms with E-state index in [1.165, 1.54) is 7.11 Å². The molecule has 1 saturated heterocycles. The molecular formula is C28H30O7. The van der Waals surface area contributed by atoms with Crippen LogP contribution in [0.15, 0.2) is 91.0 Å². The number of benzene rings is 3. The summed E-state index contributed by atoms with van der Waals surface area (Å²) in [7, 11) is 1.48. The molecule has 7 heteroatoms. The van der Waals surface area contributed by atoms with Gasteiger partial charge < -0.3 is 28.8 Å². The zero-order valence-electron chi connectivity index (χ0n) is 19.6. The first-order valence-corrected chi connectivity index (χ1v) is 11.5. The molecule has 4 rings (SSSR count). The molecule has 0 aliphatic carbocycles. The van der Waals surface area contributed by atoms with Gasteiger partial charge in [-0.1, -0.05) is 78.9 Å². The highest BCUT2D eigenvalue weighted by atomic mass is 16.7. The predicted octanol–water partition coefficient (Wildman–Crippen LogP) is 3.75. The summed E-state index contributed by atoms with van der Waals surface area (Å²) in [6.07, 6.45) is -4.73. The summed E-state index contributed by atoms with van der Waals surface area (Å²) in [5, 5.41) is 11.3. The molecule has 5 unspecified atom stereocenters. The third-order valence-electron chi connectivity index (χ3n) is 5.78. The number of methoxy groups -OCH3 is 1. The number of hydrogen-bond donors (Lipinski definition) is 1. The van der Waals surface area contributed by atoms with Crippen LogP contribution in [0, 0.1) is 0 Å². The Bertz CT molecular complexity index is 1030. The summed E-state index contributed by atoms with van der Waals surface area (Å²) in [5.74, 6) is -0.566. The van der Waals surface area contributed by atoms with E-state index < -0.39 is 36.7 Å². The van der Waals surface area contributed by atoms with Crippen molar-refractivity contribution in [2.45, 2.75) is 43.9 Å². The molecule has 1 N–H and O–H groups in total. The van der Waals surface area contributed by atoms with Gasteiger partial charge in [-0.05, 0) is 23.3 Å². The summed E-state index contributed by atoms with van der Waals surface area (Å²) in [6.45, 7) is 0.673. The van der Waals surface area contributed by atoms with Gasteiger partial charge in [0.25, 0.3) is 0 Å². The van der Waals surface area contributed by atoms with Gasteiger partial charge in [0.05, 0.1) is 25.4 Å². The number of carbonyl (C=O) groups excluding carboxylic acids is 1. The second-order valence-electron chi connectivity index (χ2n) is 8.27. The SMILES string of the molecule is COC1OC(COCc2ccccc2)C(OC(=O)c2ccccc2)C(O)C1OCc1ccccc1. The van der Waals surface area contributed by atoms with Crippen LogP contribution < -0.4 is 0 Å². The first-order chi connectivity index (χ1) is 17.2. The molecular weight excluding hydrogens is 448 g/mol. The lowest BCUT2D eigenvalue weighted by Gasteiger charge is -2.43. The van der Waals surface area contributed by atoms with Gasteiger partial charge in [-0.25, -0.2) is 4.79 Å². The second-order valence-corrected chi connectivity index (χ2v) is 8.27. The minimum atomic E-state index is -1.20. The highest BCUT2D eigenvalue weighted by molar-refractivity contribution is 5.89. The fourth-order valence-corrected chi connectivity index (χ4v) is 3.94. The van der Waals surface area contributed by atoms with E-state index in [4.69, 9.17) is 23.7 Å². The molecule has 0 saturated carbocycles. The molecule has 35 heavy (non-hydrogen) atoms. The molecule has 3 aromatic rings. The zero-order valence-corrected chi connectivity index (χ0v) is 19.6. The van der Waals surface area contributed by atoms with E-state index in [0.29, 0.717) is 12.2 Å². The van der Waals surface area contributed by atoms with Crippen molar-refractivity contribution >= 4 is 5.97 Å². The summed E-state index contributed by atoms with van der Waals surface area (Å²) in [4.78, 5) is 12.8. The van der Waals surface area contributed by atoms with Crippen LogP contribution in [0.3, 0.4) is 0 Å². The van der Waals surface area contributed by atoms with Gasteiger partial charge in [-0.2, -0.15) is 0 Å². The van der Waals surface area contributed by atoms with Crippen molar-refractivity contribution in [1.82, 2.24) is 0 Å². The Balaban J connectivity index is 1.48. The van der Waals surface area contributed by atoms with Crippen LogP contribution in [0.4, 0.5) is 0 Å². The lowest BCUT2D eigenvalue weighted by molar-refractivity contribution is -0.306. The first-order valence-electron chi connectivity index (χ1n) is 11.5. The van der Waals surface area contributed by atoms with Crippen LogP contribution in [0.25, 0.3) is 0 Å². The maximum absolute atomic E-state index is 12.8. The number of hydrogen-bond acceptors (Lipinski definition) is 7. The van der Waals surface area contributed by atoms with E-state index in [0.717, 1.165) is 11.1 Å². The number of carbonyl (C=O) groups is 1. The second kappa shape index (κ2) is 12.6. The monoisotopic (exact) mass is 478 g/mol. The predicted molar refractivity (Wildman–Crippen MR) is 128 cm³/mol. The van der Waals surface area contributed by atoms with Crippen LogP contribution in [-0.2, 0) is 36.9 Å². The third-order valence-corrected chi connectivity index (χ3v) is 5.78. The topological polar surface area (TPSA) is 83.5 Å². The molecule has 1 aliphatic heterocycles. The molecule has 1 heterocycles. The van der Waals surface area contributed by atoms with Crippen molar-refractivity contribution in [2.24, 2.45) is 0 Å². The highest BCUT2D eigenvalue weighted by Crippen LogP contribution is 2.28. The average molecular weight is 479 g/mol. The van der Waals surface area contributed by atoms with Gasteiger partial charge in [-0.3, -0.25) is 0 Å². The van der Waals surface area contributed by atoms with E-state index in [1.54, 1.807) is 24.3 Å². The molecule has 0 aromatic heterocycles. The number of esters is 1. The van der Waals surface area contributed by atoms with E-state index >= 15 is 0 Å². The van der Waals surface area contributed by atoms with Crippen LogP contribution in [0.2, 0.25) is 0 Å². The first kappa shape index (κ1) is 25.0. The Morgan fingerprint density at radius 1 is 0.829 bits per heavy atom. The maximum Gasteiger partial charge on any atom is 0.338 e. The van der Waals surface area contributed by atoms with Crippen LogP contribution in [0.1, 0.15) is 21.5 Å². The minimum absolute atomic E-state index is 0.0873. The molecule has 5 atom stereocenters. The molecule has 0 amide bonds. The summed E-state index contributed by atoms with van der Waals surface area (Å²) in [6, 6.07) is 27.9. The lowest BCUT2D eigenvalue weighted by Crippen LogP contribution is -2.61. The standard InChI is InChI=1S/C28H30O7/c1-31-28-26(33-18-21-13-7-3-8-14-21)24(29)25(35-27(30)22-15-9-4-10-16-22)23(34-28)19-32-17-20-11-5-2-6-12-20/h2-16,23-26,28-29H,17-19H2,1H3. The summed E-state index contributed by atoms with van der Waals surface area (Å²) in [5.41, 5.74) is 2.30. The molecule has 3 aromatic carbocycles. The Labute approximate surface area is 205 Å². The Morgan fingerprint density at radius 2 is 1.40 bits per heavy atom. The fraction of sp³-hybridized carbons (Fsp3) is 0.321. The van der Waals surface area contributed by atoms with Crippen molar-refractivity contribution in [1.29, 1.82) is 0 Å². The Morgan fingerprint density at radius 3 is 2.00 bits per heavy atom. The Kier molecular flexibility index (Phi) is 9.00. The van der Waals surface area contributed by atoms with Gasteiger partial charge in [0.2, 0.25) is 0 Å². The summed E-state index contributed by atoms with van der Waals surface area (Å²) >= 11 is 0. The van der Waals surface area contributed by atoms with Gasteiger partial charge in [-0.15, -0.1) is 0 Å². The molecule has 0 spiro atoms. The van der Waals surface area contributed by atoms with Crippen molar-refractivity contribution in [3.63, 3.8) is 0 Å². The van der Waals surface area contributed by atoms with Crippen LogP contribution in [0.5, 0.6) is 0 Å². The van der Waals surface area contributed by atoms with E-state index in [2.05, 4.69) is 0 Å². The highest BCUT2D eigenvalue weighted by Gasteiger charge is 2.48. The normalized spacial score (nSPS) is 24.1. The van der Waals surface area contributed by atoms with Crippen molar-refractivity contribution in [2.75, 3.05) is 13.7 Å². The number of aliphatic hydroxyl groups is 1. The van der Waals surface area contributed by atoms with Crippen molar-refractivity contribution < 1.29 is 33.6 Å². The molecule has 7 nitrogen and oxygen atoms in total. The molecule has 1 fully saturated rings. The molecule has 0 bridgehead atoms. The third kappa shape index (κ3) is 6.75. The summed E-state index contributed by atoms with van der Waals surface area (Å²) < 4.78 is 29.2. The van der Waals surface area contributed by atoms with Gasteiger partial charge >= 0.3 is 5.97 Å².